The molecule has 0 bridgehead atoms. The third-order valence-electron chi connectivity index (χ3n) is 4.39. The van der Waals surface area contributed by atoms with Crippen LogP contribution < -0.4 is 11.1 Å². The Hall–Kier alpha value is -0.910. The van der Waals surface area contributed by atoms with Gasteiger partial charge in [-0.1, -0.05) is 15.9 Å². The second-order valence-corrected chi connectivity index (χ2v) is 6.54. The number of aryl methyl sites for hydroxylation is 1. The molecule has 0 spiro atoms. The second kappa shape index (κ2) is 5.47. The Morgan fingerprint density at radius 3 is 3.05 bits per heavy atom. The van der Waals surface area contributed by atoms with Crippen molar-refractivity contribution in [1.82, 2.24) is 5.32 Å². The first kappa shape index (κ1) is 14.0. The van der Waals surface area contributed by atoms with Crippen LogP contribution in [0.1, 0.15) is 28.8 Å². The van der Waals surface area contributed by atoms with E-state index in [1.165, 1.54) is 0 Å². The normalized spacial score (nSPS) is 32.1. The number of amides is 1. The quantitative estimate of drug-likeness (QED) is 0.866. The average molecular weight is 339 g/mol. The Labute approximate surface area is 127 Å². The van der Waals surface area contributed by atoms with Crippen LogP contribution in [0, 0.1) is 12.8 Å². The van der Waals surface area contributed by atoms with Gasteiger partial charge in [0.15, 0.2) is 0 Å². The molecule has 20 heavy (non-hydrogen) atoms. The first-order valence-corrected chi connectivity index (χ1v) is 7.81. The van der Waals surface area contributed by atoms with Crippen molar-refractivity contribution in [3.63, 3.8) is 0 Å². The van der Waals surface area contributed by atoms with Crippen LogP contribution in [0.5, 0.6) is 0 Å². The van der Waals surface area contributed by atoms with Crippen molar-refractivity contribution >= 4 is 21.8 Å². The lowest BCUT2D eigenvalue weighted by molar-refractivity contribution is -0.117. The van der Waals surface area contributed by atoms with Gasteiger partial charge in [-0.2, -0.15) is 0 Å². The fraction of sp³-hybridized carbons (Fsp3) is 0.533. The van der Waals surface area contributed by atoms with E-state index in [1.807, 2.05) is 25.1 Å². The summed E-state index contributed by atoms with van der Waals surface area (Å²) in [5, 5.41) is 3.02. The van der Waals surface area contributed by atoms with Gasteiger partial charge in [0.1, 0.15) is 0 Å². The molecule has 3 N–H and O–H groups in total. The van der Waals surface area contributed by atoms with E-state index in [1.54, 1.807) is 0 Å². The van der Waals surface area contributed by atoms with Gasteiger partial charge in [-0.25, -0.2) is 0 Å². The van der Waals surface area contributed by atoms with Crippen molar-refractivity contribution in [2.24, 2.45) is 11.7 Å². The van der Waals surface area contributed by atoms with Gasteiger partial charge in [0.25, 0.3) is 5.91 Å². The molecular weight excluding hydrogens is 320 g/mol. The zero-order valence-electron chi connectivity index (χ0n) is 11.4. The fourth-order valence-corrected chi connectivity index (χ4v) is 3.39. The van der Waals surface area contributed by atoms with Crippen LogP contribution in [0.15, 0.2) is 22.7 Å². The number of carbonyl (C=O) groups excluding carboxylic acids is 1. The Morgan fingerprint density at radius 2 is 2.30 bits per heavy atom. The highest BCUT2D eigenvalue weighted by atomic mass is 79.9. The predicted molar refractivity (Wildman–Crippen MR) is 80.6 cm³/mol. The van der Waals surface area contributed by atoms with Crippen molar-refractivity contribution in [3.8, 4) is 0 Å². The van der Waals surface area contributed by atoms with Crippen LogP contribution in [0.3, 0.4) is 0 Å². The molecule has 2 aliphatic rings. The Bertz CT molecular complexity index is 535. The smallest absolute Gasteiger partial charge is 0.251 e. The van der Waals surface area contributed by atoms with Crippen molar-refractivity contribution in [1.29, 1.82) is 0 Å². The monoisotopic (exact) mass is 338 g/mol. The highest BCUT2D eigenvalue weighted by molar-refractivity contribution is 9.10. The lowest BCUT2D eigenvalue weighted by Crippen LogP contribution is -2.72. The van der Waals surface area contributed by atoms with Crippen molar-refractivity contribution in [3.05, 3.63) is 33.8 Å². The summed E-state index contributed by atoms with van der Waals surface area (Å²) in [7, 11) is 0. The van der Waals surface area contributed by atoms with Crippen molar-refractivity contribution in [2.75, 3.05) is 6.61 Å². The summed E-state index contributed by atoms with van der Waals surface area (Å²) in [5.41, 5.74) is 7.86. The molecular formula is C15H19BrN2O2. The lowest BCUT2D eigenvalue weighted by atomic mass is 9.68. The van der Waals surface area contributed by atoms with Crippen LogP contribution in [-0.2, 0) is 4.74 Å². The van der Waals surface area contributed by atoms with E-state index < -0.39 is 0 Å². The van der Waals surface area contributed by atoms with Gasteiger partial charge in [0.2, 0.25) is 0 Å². The van der Waals surface area contributed by atoms with Crippen molar-refractivity contribution in [2.45, 2.75) is 38.0 Å². The van der Waals surface area contributed by atoms with E-state index in [-0.39, 0.29) is 24.1 Å². The molecule has 2 fully saturated rings. The summed E-state index contributed by atoms with van der Waals surface area (Å²) < 4.78 is 6.74. The van der Waals surface area contributed by atoms with Gasteiger partial charge in [-0.3, -0.25) is 4.79 Å². The van der Waals surface area contributed by atoms with Crippen LogP contribution in [0.4, 0.5) is 0 Å². The highest BCUT2D eigenvalue weighted by Crippen LogP contribution is 2.37. The van der Waals surface area contributed by atoms with Gasteiger partial charge in [-0.05, 0) is 43.5 Å². The number of nitrogens with two attached hydrogens (primary N) is 1. The maximum absolute atomic E-state index is 12.3. The largest absolute Gasteiger partial charge is 0.376 e. The number of ether oxygens (including phenoxy) is 1. The van der Waals surface area contributed by atoms with E-state index in [4.69, 9.17) is 10.5 Å². The van der Waals surface area contributed by atoms with E-state index in [2.05, 4.69) is 21.2 Å². The highest BCUT2D eigenvalue weighted by Gasteiger charge is 2.51. The maximum atomic E-state index is 12.3. The molecule has 1 amide bonds. The summed E-state index contributed by atoms with van der Waals surface area (Å²) in [6.45, 7) is 2.74. The summed E-state index contributed by atoms with van der Waals surface area (Å²) >= 11 is 3.44. The molecule has 4 unspecified atom stereocenters. The minimum absolute atomic E-state index is 0.0146. The molecule has 1 aliphatic heterocycles. The van der Waals surface area contributed by atoms with Gasteiger partial charge in [-0.15, -0.1) is 0 Å². The van der Waals surface area contributed by atoms with E-state index >= 15 is 0 Å². The first-order valence-electron chi connectivity index (χ1n) is 7.02. The summed E-state index contributed by atoms with van der Waals surface area (Å²) in [6, 6.07) is 5.54. The molecule has 4 nitrogen and oxygen atoms in total. The van der Waals surface area contributed by atoms with Crippen LogP contribution in [0.25, 0.3) is 0 Å². The molecule has 1 saturated heterocycles. The number of rotatable bonds is 2. The van der Waals surface area contributed by atoms with Gasteiger partial charge >= 0.3 is 0 Å². The molecule has 1 aromatic rings. The predicted octanol–water partition coefficient (Wildman–Crippen LogP) is 1.99. The molecule has 1 aliphatic carbocycles. The number of hydrogen-bond donors (Lipinski definition) is 2. The zero-order chi connectivity index (χ0) is 14.3. The number of hydrogen-bond acceptors (Lipinski definition) is 3. The molecule has 0 radical (unpaired) electrons. The lowest BCUT2D eigenvalue weighted by Gasteiger charge is -2.52. The Kier molecular flexibility index (Phi) is 3.84. The molecule has 3 rings (SSSR count). The van der Waals surface area contributed by atoms with Gasteiger partial charge in [0.05, 0.1) is 12.1 Å². The van der Waals surface area contributed by atoms with Crippen LogP contribution >= 0.6 is 15.9 Å². The fourth-order valence-electron chi connectivity index (χ4n) is 3.15. The zero-order valence-corrected chi connectivity index (χ0v) is 13.0. The maximum Gasteiger partial charge on any atom is 0.251 e. The third-order valence-corrected chi connectivity index (χ3v) is 5.28. The summed E-state index contributed by atoms with van der Waals surface area (Å²) in [4.78, 5) is 12.3. The van der Waals surface area contributed by atoms with Gasteiger partial charge in [0, 0.05) is 28.6 Å². The van der Waals surface area contributed by atoms with E-state index in [9.17, 15) is 4.79 Å². The molecule has 4 atom stereocenters. The number of halogens is 1. The Balaban J connectivity index is 1.68. The van der Waals surface area contributed by atoms with Crippen LogP contribution in [0.2, 0.25) is 0 Å². The number of benzene rings is 1. The SMILES string of the molecule is Cc1cc(C(=O)NC2C(N)C3CCCOC32)ccc1Br. The first-order chi connectivity index (χ1) is 9.58. The number of fused-ring (bicyclic) bond motifs is 1. The molecule has 1 aromatic carbocycles. The van der Waals surface area contributed by atoms with Crippen molar-refractivity contribution < 1.29 is 9.53 Å². The second-order valence-electron chi connectivity index (χ2n) is 5.68. The minimum Gasteiger partial charge on any atom is -0.376 e. The molecule has 0 aromatic heterocycles. The summed E-state index contributed by atoms with van der Waals surface area (Å²) in [6.07, 6.45) is 2.27. The van der Waals surface area contributed by atoms with Gasteiger partial charge < -0.3 is 15.8 Å². The Morgan fingerprint density at radius 1 is 1.50 bits per heavy atom. The van der Waals surface area contributed by atoms with E-state index in [0.29, 0.717) is 11.5 Å². The molecule has 1 heterocycles. The third kappa shape index (κ3) is 2.38. The topological polar surface area (TPSA) is 64.4 Å². The molecule has 1 saturated carbocycles. The number of carbonyl (C=O) groups is 1. The molecule has 108 valence electrons. The minimum atomic E-state index is -0.0753. The standard InChI is InChI=1S/C15H19BrN2O2/c1-8-7-9(4-5-11(8)16)15(19)18-13-12(17)10-3-2-6-20-14(10)13/h4-5,7,10,12-14H,2-3,6,17H2,1H3,(H,18,19). The molecule has 5 heteroatoms. The number of nitrogens with one attached hydrogen (secondary N) is 1. The summed E-state index contributed by atoms with van der Waals surface area (Å²) in [5.74, 6) is 0.328. The average Bonchev–Trinajstić information content (AvgIpc) is 2.47. The van der Waals surface area contributed by atoms with E-state index in [0.717, 1.165) is 29.5 Å². The van der Waals surface area contributed by atoms with Crippen LogP contribution in [-0.4, -0.2) is 30.7 Å².